The summed E-state index contributed by atoms with van der Waals surface area (Å²) < 4.78 is 18.1. The Kier molecular flexibility index (Phi) is 4.86. The molecule has 1 aliphatic carbocycles. The Bertz CT molecular complexity index is 487. The molecule has 112 valence electrons. The molecule has 1 aromatic carbocycles. The van der Waals surface area contributed by atoms with Gasteiger partial charge in [0.05, 0.1) is 23.2 Å². The first-order chi connectivity index (χ1) is 9.49. The predicted molar refractivity (Wildman–Crippen MR) is 83.7 cm³/mol. The number of nitrogens with one attached hydrogen (secondary N) is 1. The van der Waals surface area contributed by atoms with Crippen LogP contribution >= 0.6 is 0 Å². The molecular formula is C16H25NO2S. The highest BCUT2D eigenvalue weighted by Crippen LogP contribution is 2.41. The van der Waals surface area contributed by atoms with Gasteiger partial charge >= 0.3 is 0 Å². The summed E-state index contributed by atoms with van der Waals surface area (Å²) in [7, 11) is 0.650. The minimum atomic E-state index is -0.991. The molecular weight excluding hydrogens is 270 g/mol. The zero-order valence-corrected chi connectivity index (χ0v) is 13.6. The summed E-state index contributed by atoms with van der Waals surface area (Å²) in [4.78, 5) is 0.870. The van der Waals surface area contributed by atoms with Gasteiger partial charge in [-0.3, -0.25) is 4.21 Å². The first-order valence-corrected chi connectivity index (χ1v) is 8.49. The van der Waals surface area contributed by atoms with E-state index >= 15 is 0 Å². The van der Waals surface area contributed by atoms with E-state index in [9.17, 15) is 4.21 Å². The summed E-state index contributed by atoms with van der Waals surface area (Å²) in [5.74, 6) is 0.771. The minimum absolute atomic E-state index is 0.178. The van der Waals surface area contributed by atoms with Crippen molar-refractivity contribution in [2.45, 2.75) is 49.8 Å². The van der Waals surface area contributed by atoms with Gasteiger partial charge in [0.2, 0.25) is 0 Å². The van der Waals surface area contributed by atoms with Crippen LogP contribution in [0.15, 0.2) is 29.2 Å². The molecule has 3 nitrogen and oxygen atoms in total. The fraction of sp³-hybridized carbons (Fsp3) is 0.625. The molecule has 0 spiro atoms. The molecule has 1 fully saturated rings. The summed E-state index contributed by atoms with van der Waals surface area (Å²) >= 11 is 0. The monoisotopic (exact) mass is 295 g/mol. The molecule has 1 saturated carbocycles. The molecule has 20 heavy (non-hydrogen) atoms. The third-order valence-electron chi connectivity index (χ3n) is 4.26. The van der Waals surface area contributed by atoms with Crippen LogP contribution in [0.25, 0.3) is 0 Å². The zero-order chi connectivity index (χ0) is 14.8. The van der Waals surface area contributed by atoms with E-state index in [1.54, 1.807) is 7.11 Å². The van der Waals surface area contributed by atoms with Crippen molar-refractivity contribution in [3.63, 3.8) is 0 Å². The van der Waals surface area contributed by atoms with Crippen molar-refractivity contribution in [2.75, 3.05) is 13.7 Å². The summed E-state index contributed by atoms with van der Waals surface area (Å²) in [5, 5.41) is 3.72. The normalized spacial score (nSPS) is 26.4. The highest BCUT2D eigenvalue weighted by atomic mass is 32.2. The summed E-state index contributed by atoms with van der Waals surface area (Å²) in [5.41, 5.74) is 0.204. The average Bonchev–Trinajstić information content (AvgIpc) is 2.74. The first-order valence-electron chi connectivity index (χ1n) is 7.27. The summed E-state index contributed by atoms with van der Waals surface area (Å²) in [6, 6.07) is 7.94. The second kappa shape index (κ2) is 6.27. The minimum Gasteiger partial charge on any atom is -0.497 e. The van der Waals surface area contributed by atoms with E-state index in [1.807, 2.05) is 24.3 Å². The van der Waals surface area contributed by atoms with Crippen LogP contribution in [-0.2, 0) is 10.8 Å². The third kappa shape index (κ3) is 3.07. The van der Waals surface area contributed by atoms with Gasteiger partial charge in [0.25, 0.3) is 0 Å². The van der Waals surface area contributed by atoms with Crippen LogP contribution in [0.3, 0.4) is 0 Å². The van der Waals surface area contributed by atoms with E-state index in [2.05, 4.69) is 26.1 Å². The number of ether oxygens (including phenoxy) is 1. The van der Waals surface area contributed by atoms with Gasteiger partial charge in [0, 0.05) is 10.9 Å². The van der Waals surface area contributed by atoms with Crippen molar-refractivity contribution in [1.29, 1.82) is 0 Å². The van der Waals surface area contributed by atoms with Gasteiger partial charge in [0.1, 0.15) is 5.75 Å². The van der Waals surface area contributed by atoms with Gasteiger partial charge < -0.3 is 10.1 Å². The Morgan fingerprint density at radius 2 is 2.20 bits per heavy atom. The average molecular weight is 295 g/mol. The molecule has 0 saturated heterocycles. The van der Waals surface area contributed by atoms with Crippen LogP contribution in [0, 0.1) is 5.41 Å². The maximum Gasteiger partial charge on any atom is 0.120 e. The molecule has 1 aromatic rings. The maximum atomic E-state index is 12.9. The van der Waals surface area contributed by atoms with Gasteiger partial charge in [0.15, 0.2) is 0 Å². The maximum absolute atomic E-state index is 12.9. The highest BCUT2D eigenvalue weighted by Gasteiger charge is 2.44. The van der Waals surface area contributed by atoms with Crippen molar-refractivity contribution in [1.82, 2.24) is 5.32 Å². The zero-order valence-electron chi connectivity index (χ0n) is 12.8. The van der Waals surface area contributed by atoms with Gasteiger partial charge in [-0.15, -0.1) is 0 Å². The lowest BCUT2D eigenvalue weighted by Crippen LogP contribution is -2.46. The Balaban J connectivity index is 2.23. The quantitative estimate of drug-likeness (QED) is 0.907. The fourth-order valence-corrected chi connectivity index (χ4v) is 4.94. The predicted octanol–water partition coefficient (Wildman–Crippen LogP) is 2.97. The van der Waals surface area contributed by atoms with Crippen LogP contribution in [0.1, 0.15) is 33.6 Å². The molecule has 0 radical (unpaired) electrons. The topological polar surface area (TPSA) is 38.3 Å². The second-order valence-electron chi connectivity index (χ2n) is 6.08. The van der Waals surface area contributed by atoms with E-state index in [0.717, 1.165) is 30.0 Å². The smallest absolute Gasteiger partial charge is 0.120 e. The number of rotatable bonds is 5. The molecule has 0 aliphatic heterocycles. The van der Waals surface area contributed by atoms with Gasteiger partial charge in [-0.25, -0.2) is 0 Å². The lowest BCUT2D eigenvalue weighted by Gasteiger charge is -2.31. The fourth-order valence-electron chi connectivity index (χ4n) is 3.10. The Hall–Kier alpha value is -0.870. The van der Waals surface area contributed by atoms with Gasteiger partial charge in [-0.05, 0) is 43.0 Å². The van der Waals surface area contributed by atoms with Crippen LogP contribution < -0.4 is 10.1 Å². The lowest BCUT2D eigenvalue weighted by atomic mass is 9.87. The first kappa shape index (κ1) is 15.5. The number of hydrogen-bond donors (Lipinski definition) is 1. The largest absolute Gasteiger partial charge is 0.497 e. The number of hydrogen-bond acceptors (Lipinski definition) is 3. The van der Waals surface area contributed by atoms with Crippen LogP contribution in [-0.4, -0.2) is 29.2 Å². The Morgan fingerprint density at radius 1 is 1.45 bits per heavy atom. The van der Waals surface area contributed by atoms with Crippen LogP contribution in [0.4, 0.5) is 0 Å². The van der Waals surface area contributed by atoms with Crippen molar-refractivity contribution < 1.29 is 8.95 Å². The molecule has 3 atom stereocenters. The molecule has 0 amide bonds. The summed E-state index contributed by atoms with van der Waals surface area (Å²) in [6.07, 6.45) is 2.12. The number of benzene rings is 1. The number of methoxy groups -OCH3 is 1. The molecule has 1 N–H and O–H groups in total. The van der Waals surface area contributed by atoms with E-state index in [1.165, 1.54) is 0 Å². The van der Waals surface area contributed by atoms with Crippen molar-refractivity contribution in [3.05, 3.63) is 24.3 Å². The molecule has 0 aromatic heterocycles. The standard InChI is InChI=1S/C16H25NO2S/c1-5-17-15-14(9-10-16(15,2)3)20(18)13-8-6-7-12(11-13)19-4/h6-8,11,14-15,17H,5,9-10H2,1-4H3. The molecule has 0 heterocycles. The van der Waals surface area contributed by atoms with Crippen LogP contribution in [0.2, 0.25) is 0 Å². The van der Waals surface area contributed by atoms with Gasteiger partial charge in [-0.1, -0.05) is 26.8 Å². The van der Waals surface area contributed by atoms with Crippen molar-refractivity contribution in [2.24, 2.45) is 5.41 Å². The SMILES string of the molecule is CCNC1C(S(=O)c2cccc(OC)c2)CCC1(C)C. The second-order valence-corrected chi connectivity index (χ2v) is 7.75. The molecule has 3 unspecified atom stereocenters. The van der Waals surface area contributed by atoms with Gasteiger partial charge in [-0.2, -0.15) is 0 Å². The van der Waals surface area contributed by atoms with E-state index < -0.39 is 10.8 Å². The van der Waals surface area contributed by atoms with E-state index in [-0.39, 0.29) is 10.7 Å². The highest BCUT2D eigenvalue weighted by molar-refractivity contribution is 7.85. The summed E-state index contributed by atoms with van der Waals surface area (Å²) in [6.45, 7) is 7.56. The molecule has 1 aliphatic rings. The Labute approximate surface area is 124 Å². The molecule has 4 heteroatoms. The van der Waals surface area contributed by atoms with Crippen molar-refractivity contribution >= 4 is 10.8 Å². The molecule has 0 bridgehead atoms. The lowest BCUT2D eigenvalue weighted by molar-refractivity contribution is 0.289. The molecule has 2 rings (SSSR count). The van der Waals surface area contributed by atoms with Crippen molar-refractivity contribution in [3.8, 4) is 5.75 Å². The van der Waals surface area contributed by atoms with E-state index in [0.29, 0.717) is 6.04 Å². The Morgan fingerprint density at radius 3 is 2.85 bits per heavy atom. The van der Waals surface area contributed by atoms with E-state index in [4.69, 9.17) is 4.74 Å². The van der Waals surface area contributed by atoms with Crippen LogP contribution in [0.5, 0.6) is 5.75 Å². The third-order valence-corrected chi connectivity index (χ3v) is 6.04.